The summed E-state index contributed by atoms with van der Waals surface area (Å²) in [4.78, 5) is 2.24. The molecule has 0 aliphatic carbocycles. The highest BCUT2D eigenvalue weighted by molar-refractivity contribution is 5.22. The average molecular weight is 212 g/mol. The number of hydrogen-bond acceptors (Lipinski definition) is 2. The van der Waals surface area contributed by atoms with Crippen LogP contribution in [0, 0.1) is 11.3 Å². The quantitative estimate of drug-likeness (QED) is 0.705. The molecule has 1 aliphatic heterocycles. The van der Waals surface area contributed by atoms with Crippen molar-refractivity contribution in [1.82, 2.24) is 4.90 Å². The molecule has 1 aliphatic rings. The van der Waals surface area contributed by atoms with E-state index in [0.29, 0.717) is 0 Å². The third-order valence-electron chi connectivity index (χ3n) is 3.03. The van der Waals surface area contributed by atoms with Gasteiger partial charge in [0.15, 0.2) is 0 Å². The summed E-state index contributed by atoms with van der Waals surface area (Å²) in [5.41, 5.74) is 2.46. The Hall–Kier alpha value is -1.59. The Balaban J connectivity index is 2.11. The number of nitrogens with zero attached hydrogens (tertiary/aromatic N) is 2. The first-order valence-corrected chi connectivity index (χ1v) is 5.65. The van der Waals surface area contributed by atoms with E-state index in [0.717, 1.165) is 19.5 Å². The molecule has 0 bridgehead atoms. The maximum atomic E-state index is 9.18. The molecule has 0 fully saturated rings. The van der Waals surface area contributed by atoms with Crippen molar-refractivity contribution in [2.24, 2.45) is 0 Å². The molecule has 1 unspecified atom stereocenters. The Morgan fingerprint density at radius 2 is 2.12 bits per heavy atom. The molecule has 0 saturated carbocycles. The molecule has 0 aromatic heterocycles. The Morgan fingerprint density at radius 1 is 1.38 bits per heavy atom. The van der Waals surface area contributed by atoms with Crippen molar-refractivity contribution in [2.75, 3.05) is 6.54 Å². The molecule has 1 heterocycles. The zero-order chi connectivity index (χ0) is 11.4. The number of benzene rings is 1. The minimum Gasteiger partial charge on any atom is -0.280 e. The molecule has 0 spiro atoms. The van der Waals surface area contributed by atoms with Gasteiger partial charge in [-0.25, -0.2) is 0 Å². The van der Waals surface area contributed by atoms with Gasteiger partial charge in [0, 0.05) is 13.1 Å². The molecule has 0 saturated heterocycles. The van der Waals surface area contributed by atoms with Gasteiger partial charge in [-0.3, -0.25) is 4.90 Å². The molecule has 1 aromatic rings. The maximum Gasteiger partial charge on any atom is 0.119 e. The van der Waals surface area contributed by atoms with Crippen molar-refractivity contribution in [3.05, 3.63) is 47.5 Å². The molecule has 2 rings (SSSR count). The first-order valence-electron chi connectivity index (χ1n) is 5.65. The standard InChI is InChI=1S/C14H16N2/c1-12-6-5-9-16(14(12)10-15)11-13-7-3-2-4-8-13/h2-4,6-8,14H,5,9,11H2,1H3. The number of nitriles is 1. The van der Waals surface area contributed by atoms with Crippen LogP contribution >= 0.6 is 0 Å². The van der Waals surface area contributed by atoms with Crippen LogP contribution in [0.5, 0.6) is 0 Å². The van der Waals surface area contributed by atoms with Gasteiger partial charge in [0.05, 0.1) is 6.07 Å². The van der Waals surface area contributed by atoms with Gasteiger partial charge in [0.25, 0.3) is 0 Å². The smallest absolute Gasteiger partial charge is 0.119 e. The Labute approximate surface area is 96.8 Å². The number of rotatable bonds is 2. The third kappa shape index (κ3) is 2.32. The summed E-state index contributed by atoms with van der Waals surface area (Å²) < 4.78 is 0. The van der Waals surface area contributed by atoms with E-state index in [2.05, 4.69) is 29.2 Å². The zero-order valence-electron chi connectivity index (χ0n) is 9.56. The van der Waals surface area contributed by atoms with Gasteiger partial charge in [0.2, 0.25) is 0 Å². The SMILES string of the molecule is CC1=CCCN(Cc2ccccc2)C1C#N. The van der Waals surface area contributed by atoms with E-state index in [1.54, 1.807) is 0 Å². The van der Waals surface area contributed by atoms with Crippen LogP contribution in [-0.4, -0.2) is 17.5 Å². The fourth-order valence-corrected chi connectivity index (χ4v) is 2.16. The summed E-state index contributed by atoms with van der Waals surface area (Å²) in [5, 5.41) is 9.18. The van der Waals surface area contributed by atoms with E-state index in [1.807, 2.05) is 25.1 Å². The molecule has 1 atom stereocenters. The van der Waals surface area contributed by atoms with Crippen molar-refractivity contribution in [1.29, 1.82) is 5.26 Å². The van der Waals surface area contributed by atoms with E-state index in [9.17, 15) is 5.26 Å². The number of hydrogen-bond donors (Lipinski definition) is 0. The maximum absolute atomic E-state index is 9.18. The monoisotopic (exact) mass is 212 g/mol. The van der Waals surface area contributed by atoms with Crippen LogP contribution in [0.1, 0.15) is 18.9 Å². The summed E-state index contributed by atoms with van der Waals surface area (Å²) in [5.74, 6) is 0. The molecular weight excluding hydrogens is 196 g/mol. The van der Waals surface area contributed by atoms with Gasteiger partial charge >= 0.3 is 0 Å². The van der Waals surface area contributed by atoms with Gasteiger partial charge in [-0.1, -0.05) is 36.4 Å². The van der Waals surface area contributed by atoms with Crippen LogP contribution in [0.4, 0.5) is 0 Å². The fourth-order valence-electron chi connectivity index (χ4n) is 2.16. The predicted molar refractivity (Wildman–Crippen MR) is 64.6 cm³/mol. The molecule has 0 amide bonds. The summed E-state index contributed by atoms with van der Waals surface area (Å²) in [6, 6.07) is 12.7. The molecule has 0 N–H and O–H groups in total. The molecule has 0 radical (unpaired) electrons. The van der Waals surface area contributed by atoms with Crippen LogP contribution in [0.3, 0.4) is 0 Å². The van der Waals surface area contributed by atoms with Crippen LogP contribution < -0.4 is 0 Å². The summed E-state index contributed by atoms with van der Waals surface area (Å²) in [6.45, 7) is 3.89. The van der Waals surface area contributed by atoms with Gasteiger partial charge in [-0.15, -0.1) is 0 Å². The largest absolute Gasteiger partial charge is 0.280 e. The lowest BCUT2D eigenvalue weighted by atomic mass is 10.0. The highest BCUT2D eigenvalue weighted by Crippen LogP contribution is 2.19. The second kappa shape index (κ2) is 4.96. The summed E-state index contributed by atoms with van der Waals surface area (Å²) >= 11 is 0. The molecule has 2 heteroatoms. The van der Waals surface area contributed by atoms with Gasteiger partial charge in [-0.2, -0.15) is 5.26 Å². The first kappa shape index (κ1) is 10.9. The Morgan fingerprint density at radius 3 is 2.81 bits per heavy atom. The van der Waals surface area contributed by atoms with E-state index in [4.69, 9.17) is 0 Å². The van der Waals surface area contributed by atoms with Gasteiger partial charge < -0.3 is 0 Å². The fraction of sp³-hybridized carbons (Fsp3) is 0.357. The second-order valence-corrected chi connectivity index (χ2v) is 4.22. The third-order valence-corrected chi connectivity index (χ3v) is 3.03. The lowest BCUT2D eigenvalue weighted by Gasteiger charge is -2.30. The zero-order valence-corrected chi connectivity index (χ0v) is 9.56. The van der Waals surface area contributed by atoms with E-state index in [1.165, 1.54) is 11.1 Å². The van der Waals surface area contributed by atoms with Gasteiger partial charge in [-0.05, 0) is 24.5 Å². The molecule has 2 nitrogen and oxygen atoms in total. The Bertz CT molecular complexity index is 414. The predicted octanol–water partition coefficient (Wildman–Crippen LogP) is 2.73. The van der Waals surface area contributed by atoms with E-state index < -0.39 is 0 Å². The highest BCUT2D eigenvalue weighted by Gasteiger charge is 2.22. The highest BCUT2D eigenvalue weighted by atomic mass is 15.2. The van der Waals surface area contributed by atoms with Crippen molar-refractivity contribution in [2.45, 2.75) is 25.9 Å². The summed E-state index contributed by atoms with van der Waals surface area (Å²) in [7, 11) is 0. The molecule has 1 aromatic carbocycles. The average Bonchev–Trinajstić information content (AvgIpc) is 2.31. The van der Waals surface area contributed by atoms with Crippen LogP contribution in [0.15, 0.2) is 42.0 Å². The normalized spacial score (nSPS) is 21.2. The van der Waals surface area contributed by atoms with Crippen LogP contribution in [0.25, 0.3) is 0 Å². The second-order valence-electron chi connectivity index (χ2n) is 4.22. The van der Waals surface area contributed by atoms with E-state index >= 15 is 0 Å². The van der Waals surface area contributed by atoms with Crippen molar-refractivity contribution in [3.63, 3.8) is 0 Å². The minimum absolute atomic E-state index is 0.0473. The topological polar surface area (TPSA) is 27.0 Å². The molecular formula is C14H16N2. The summed E-state index contributed by atoms with van der Waals surface area (Å²) in [6.07, 6.45) is 3.23. The van der Waals surface area contributed by atoms with Crippen molar-refractivity contribution >= 4 is 0 Å². The lowest BCUT2D eigenvalue weighted by Crippen LogP contribution is -2.37. The van der Waals surface area contributed by atoms with Crippen LogP contribution in [0.2, 0.25) is 0 Å². The molecule has 82 valence electrons. The molecule has 16 heavy (non-hydrogen) atoms. The van der Waals surface area contributed by atoms with E-state index in [-0.39, 0.29) is 6.04 Å². The minimum atomic E-state index is -0.0473. The van der Waals surface area contributed by atoms with Gasteiger partial charge in [0.1, 0.15) is 6.04 Å². The lowest BCUT2D eigenvalue weighted by molar-refractivity contribution is 0.240. The first-order chi connectivity index (χ1) is 7.81. The van der Waals surface area contributed by atoms with Crippen molar-refractivity contribution < 1.29 is 0 Å². The van der Waals surface area contributed by atoms with Crippen molar-refractivity contribution in [3.8, 4) is 6.07 Å². The Kier molecular flexibility index (Phi) is 3.38. The van der Waals surface area contributed by atoms with Crippen LogP contribution in [-0.2, 0) is 6.54 Å².